The number of ether oxygens (including phenoxy) is 1. The van der Waals surface area contributed by atoms with Crippen molar-refractivity contribution in [2.75, 3.05) is 50.8 Å². The fraction of sp³-hybridized carbons (Fsp3) is 0.571. The van der Waals surface area contributed by atoms with Crippen LogP contribution in [0.1, 0.15) is 26.7 Å². The molecule has 1 aromatic rings. The maximum Gasteiger partial charge on any atom is 0.409 e. The van der Waals surface area contributed by atoms with Crippen LogP contribution >= 0.6 is 0 Å². The van der Waals surface area contributed by atoms with Crippen molar-refractivity contribution in [3.63, 3.8) is 0 Å². The molecule has 0 aromatic heterocycles. The Kier molecular flexibility index (Phi) is 9.04. The predicted octanol–water partition coefficient (Wildman–Crippen LogP) is 1.83. The number of benzene rings is 1. The average molecular weight is 423 g/mol. The monoisotopic (exact) mass is 422 g/mol. The third-order valence-corrected chi connectivity index (χ3v) is 4.77. The zero-order chi connectivity index (χ0) is 22.1. The van der Waals surface area contributed by atoms with Crippen molar-refractivity contribution in [2.24, 2.45) is 11.7 Å². The SMILES string of the molecule is CC(C)COC(=O)N1CCCN(CC(=O)N(CCC(N)=O)c2ccc(F)cc2)CC1. The number of carbonyl (C=O) groups excluding carboxylic acids is 3. The van der Waals surface area contributed by atoms with Gasteiger partial charge in [-0.2, -0.15) is 0 Å². The summed E-state index contributed by atoms with van der Waals surface area (Å²) in [6.07, 6.45) is 0.409. The van der Waals surface area contributed by atoms with E-state index >= 15 is 0 Å². The van der Waals surface area contributed by atoms with Crippen LogP contribution in [-0.4, -0.2) is 73.6 Å². The highest BCUT2D eigenvalue weighted by atomic mass is 19.1. The van der Waals surface area contributed by atoms with E-state index in [1.807, 2.05) is 18.7 Å². The van der Waals surface area contributed by atoms with E-state index < -0.39 is 11.7 Å². The molecule has 30 heavy (non-hydrogen) atoms. The largest absolute Gasteiger partial charge is 0.449 e. The molecule has 1 fully saturated rings. The summed E-state index contributed by atoms with van der Waals surface area (Å²) in [6, 6.07) is 5.55. The number of hydrogen-bond donors (Lipinski definition) is 1. The van der Waals surface area contributed by atoms with E-state index in [9.17, 15) is 18.8 Å². The van der Waals surface area contributed by atoms with Crippen molar-refractivity contribution < 1.29 is 23.5 Å². The molecule has 0 aliphatic carbocycles. The Morgan fingerprint density at radius 1 is 1.13 bits per heavy atom. The molecule has 2 rings (SSSR count). The molecule has 0 spiro atoms. The van der Waals surface area contributed by atoms with Crippen molar-refractivity contribution in [1.82, 2.24) is 9.80 Å². The van der Waals surface area contributed by atoms with Gasteiger partial charge in [0, 0.05) is 44.8 Å². The van der Waals surface area contributed by atoms with Gasteiger partial charge in [0.05, 0.1) is 13.2 Å². The summed E-state index contributed by atoms with van der Waals surface area (Å²) in [5.41, 5.74) is 5.75. The van der Waals surface area contributed by atoms with E-state index in [-0.39, 0.29) is 37.4 Å². The lowest BCUT2D eigenvalue weighted by molar-refractivity contribution is -0.120. The Morgan fingerprint density at radius 2 is 1.83 bits per heavy atom. The number of amides is 3. The van der Waals surface area contributed by atoms with E-state index in [1.54, 1.807) is 4.90 Å². The smallest absolute Gasteiger partial charge is 0.409 e. The molecule has 2 N–H and O–H groups in total. The molecule has 0 bridgehead atoms. The van der Waals surface area contributed by atoms with Crippen LogP contribution < -0.4 is 10.6 Å². The second-order valence-corrected chi connectivity index (χ2v) is 7.83. The lowest BCUT2D eigenvalue weighted by Gasteiger charge is -2.27. The number of nitrogens with two attached hydrogens (primary N) is 1. The van der Waals surface area contributed by atoms with Gasteiger partial charge >= 0.3 is 6.09 Å². The van der Waals surface area contributed by atoms with E-state index in [4.69, 9.17) is 10.5 Å². The van der Waals surface area contributed by atoms with Gasteiger partial charge in [0.1, 0.15) is 5.82 Å². The molecule has 1 aromatic carbocycles. The third kappa shape index (κ3) is 7.62. The van der Waals surface area contributed by atoms with Crippen molar-refractivity contribution in [3.05, 3.63) is 30.1 Å². The minimum atomic E-state index is -0.514. The molecule has 3 amide bonds. The Bertz CT molecular complexity index is 726. The Balaban J connectivity index is 1.96. The van der Waals surface area contributed by atoms with Crippen LogP contribution in [-0.2, 0) is 14.3 Å². The van der Waals surface area contributed by atoms with Gasteiger partial charge < -0.3 is 20.3 Å². The minimum Gasteiger partial charge on any atom is -0.449 e. The van der Waals surface area contributed by atoms with Crippen LogP contribution in [0.15, 0.2) is 24.3 Å². The molecule has 0 unspecified atom stereocenters. The van der Waals surface area contributed by atoms with E-state index in [0.717, 1.165) is 6.42 Å². The van der Waals surface area contributed by atoms with Crippen LogP contribution in [0.25, 0.3) is 0 Å². The van der Waals surface area contributed by atoms with Gasteiger partial charge in [-0.05, 0) is 36.6 Å². The standard InChI is InChI=1S/C21H31FN4O4/c1-16(2)15-30-21(29)25-10-3-9-24(12-13-25)14-20(28)26(11-8-19(23)27)18-6-4-17(22)5-7-18/h4-7,16H,3,8-15H2,1-2H3,(H2,23,27). The Labute approximate surface area is 176 Å². The van der Waals surface area contributed by atoms with Gasteiger partial charge in [0.15, 0.2) is 0 Å². The van der Waals surface area contributed by atoms with Crippen LogP contribution in [0.2, 0.25) is 0 Å². The molecule has 1 heterocycles. The van der Waals surface area contributed by atoms with Gasteiger partial charge in [-0.1, -0.05) is 13.8 Å². The molecule has 0 atom stereocenters. The molecular weight excluding hydrogens is 391 g/mol. The van der Waals surface area contributed by atoms with Gasteiger partial charge in [-0.3, -0.25) is 14.5 Å². The first-order valence-electron chi connectivity index (χ1n) is 10.2. The van der Waals surface area contributed by atoms with Gasteiger partial charge in [0.25, 0.3) is 0 Å². The number of halogens is 1. The van der Waals surface area contributed by atoms with E-state index in [1.165, 1.54) is 29.2 Å². The second-order valence-electron chi connectivity index (χ2n) is 7.83. The van der Waals surface area contributed by atoms with Gasteiger partial charge in [-0.25, -0.2) is 9.18 Å². The lowest BCUT2D eigenvalue weighted by Crippen LogP contribution is -2.43. The van der Waals surface area contributed by atoms with Crippen LogP contribution in [0, 0.1) is 11.7 Å². The summed E-state index contributed by atoms with van der Waals surface area (Å²) in [5.74, 6) is -0.857. The first-order chi connectivity index (χ1) is 14.3. The summed E-state index contributed by atoms with van der Waals surface area (Å²) in [4.78, 5) is 41.4. The number of carbonyl (C=O) groups is 3. The highest BCUT2D eigenvalue weighted by Crippen LogP contribution is 2.16. The summed E-state index contributed by atoms with van der Waals surface area (Å²) in [7, 11) is 0. The Morgan fingerprint density at radius 3 is 2.47 bits per heavy atom. The number of primary amides is 1. The zero-order valence-corrected chi connectivity index (χ0v) is 17.7. The number of anilines is 1. The maximum atomic E-state index is 13.3. The van der Waals surface area contributed by atoms with Crippen molar-refractivity contribution in [3.8, 4) is 0 Å². The zero-order valence-electron chi connectivity index (χ0n) is 17.7. The molecule has 0 saturated carbocycles. The molecule has 0 radical (unpaired) electrons. The minimum absolute atomic E-state index is 0.0125. The third-order valence-electron chi connectivity index (χ3n) is 4.77. The predicted molar refractivity (Wildman–Crippen MR) is 111 cm³/mol. The number of rotatable bonds is 8. The van der Waals surface area contributed by atoms with Crippen molar-refractivity contribution >= 4 is 23.6 Å². The van der Waals surface area contributed by atoms with Crippen LogP contribution in [0.3, 0.4) is 0 Å². The maximum absolute atomic E-state index is 13.3. The number of nitrogens with zero attached hydrogens (tertiary/aromatic N) is 3. The van der Waals surface area contributed by atoms with Crippen molar-refractivity contribution in [2.45, 2.75) is 26.7 Å². The van der Waals surface area contributed by atoms with E-state index in [2.05, 4.69) is 0 Å². The number of hydrogen-bond acceptors (Lipinski definition) is 5. The normalized spacial score (nSPS) is 15.0. The Hall–Kier alpha value is -2.68. The first-order valence-corrected chi connectivity index (χ1v) is 10.2. The van der Waals surface area contributed by atoms with Gasteiger partial charge in [-0.15, -0.1) is 0 Å². The molecule has 166 valence electrons. The van der Waals surface area contributed by atoms with Crippen LogP contribution in [0.5, 0.6) is 0 Å². The first kappa shape index (κ1) is 23.6. The quantitative estimate of drug-likeness (QED) is 0.690. The average Bonchev–Trinajstić information content (AvgIpc) is 2.93. The van der Waals surface area contributed by atoms with E-state index in [0.29, 0.717) is 38.5 Å². The highest BCUT2D eigenvalue weighted by molar-refractivity contribution is 5.95. The van der Waals surface area contributed by atoms with Crippen LogP contribution in [0.4, 0.5) is 14.9 Å². The molecule has 8 nitrogen and oxygen atoms in total. The second kappa shape index (κ2) is 11.5. The summed E-state index contributed by atoms with van der Waals surface area (Å²) < 4.78 is 18.5. The summed E-state index contributed by atoms with van der Waals surface area (Å²) in [6.45, 7) is 6.84. The molecule has 1 aliphatic rings. The van der Waals surface area contributed by atoms with Crippen molar-refractivity contribution in [1.29, 1.82) is 0 Å². The molecule has 1 aliphatic heterocycles. The molecule has 1 saturated heterocycles. The topological polar surface area (TPSA) is 96.2 Å². The summed E-state index contributed by atoms with van der Waals surface area (Å²) >= 11 is 0. The fourth-order valence-electron chi connectivity index (χ4n) is 3.16. The fourth-order valence-corrected chi connectivity index (χ4v) is 3.16. The van der Waals surface area contributed by atoms with Gasteiger partial charge in [0.2, 0.25) is 11.8 Å². The lowest BCUT2D eigenvalue weighted by atomic mass is 10.2. The summed E-state index contributed by atoms with van der Waals surface area (Å²) in [5, 5.41) is 0. The molecular formula is C21H31FN4O4. The molecule has 9 heteroatoms. The highest BCUT2D eigenvalue weighted by Gasteiger charge is 2.24.